The van der Waals surface area contributed by atoms with Crippen LogP contribution in [0, 0.1) is 11.3 Å². The Morgan fingerprint density at radius 3 is 2.12 bits per heavy atom. The van der Waals surface area contributed by atoms with E-state index in [1.807, 2.05) is 0 Å². The Morgan fingerprint density at radius 1 is 1.04 bits per heavy atom. The lowest BCUT2D eigenvalue weighted by Gasteiger charge is -2.45. The van der Waals surface area contributed by atoms with Crippen molar-refractivity contribution in [2.45, 2.75) is 51.5 Å². The number of carbonyl (C=O) groups excluding carboxylic acids is 1. The second-order valence-electron chi connectivity index (χ2n) is 7.84. The topological polar surface area (TPSA) is 58.8 Å². The van der Waals surface area contributed by atoms with Crippen LogP contribution in [0.2, 0.25) is 0 Å². The molecule has 2 saturated heterocycles. The van der Waals surface area contributed by atoms with Crippen LogP contribution in [0.3, 0.4) is 0 Å². The second-order valence-corrected chi connectivity index (χ2v) is 7.84. The molecule has 1 saturated carbocycles. The number of carbonyl (C=O) groups is 1. The molecule has 5 nitrogen and oxygen atoms in total. The van der Waals surface area contributed by atoms with Crippen LogP contribution in [-0.2, 0) is 9.53 Å². The molecule has 2 N–H and O–H groups in total. The summed E-state index contributed by atoms with van der Waals surface area (Å²) >= 11 is 0. The molecule has 0 aromatic carbocycles. The summed E-state index contributed by atoms with van der Waals surface area (Å²) in [5, 5.41) is 0. The van der Waals surface area contributed by atoms with E-state index in [2.05, 4.69) is 16.7 Å². The molecule has 3 fully saturated rings. The highest BCUT2D eigenvalue weighted by molar-refractivity contribution is 5.85. The molecule has 2 aliphatic heterocycles. The molecule has 3 aliphatic rings. The van der Waals surface area contributed by atoms with Gasteiger partial charge in [0, 0.05) is 52.0 Å². The third kappa shape index (κ3) is 5.23. The molecule has 1 aliphatic carbocycles. The minimum Gasteiger partial charge on any atom is -0.381 e. The normalized spacial score (nSPS) is 30.1. The lowest BCUT2D eigenvalue weighted by molar-refractivity contribution is -0.149. The molecule has 0 unspecified atom stereocenters. The van der Waals surface area contributed by atoms with E-state index in [1.165, 1.54) is 25.7 Å². The van der Waals surface area contributed by atoms with E-state index in [4.69, 9.17) is 10.5 Å². The fraction of sp³-hybridized carbons (Fsp3) is 0.944. The summed E-state index contributed by atoms with van der Waals surface area (Å²) < 4.78 is 5.43. The Balaban J connectivity index is 0.00000156. The van der Waals surface area contributed by atoms with Gasteiger partial charge < -0.3 is 15.4 Å². The number of piperazine rings is 1. The van der Waals surface area contributed by atoms with Crippen LogP contribution < -0.4 is 5.73 Å². The predicted molar refractivity (Wildman–Crippen MR) is 106 cm³/mol. The number of ether oxygens (including phenoxy) is 1. The number of halogens is 2. The van der Waals surface area contributed by atoms with E-state index in [0.717, 1.165) is 51.0 Å². The third-order valence-electron chi connectivity index (χ3n) is 6.40. The first-order valence-electron chi connectivity index (χ1n) is 9.46. The summed E-state index contributed by atoms with van der Waals surface area (Å²) in [4.78, 5) is 17.7. The van der Waals surface area contributed by atoms with Gasteiger partial charge >= 0.3 is 0 Å². The highest BCUT2D eigenvalue weighted by Crippen LogP contribution is 2.33. The van der Waals surface area contributed by atoms with Gasteiger partial charge in [0.25, 0.3) is 0 Å². The minimum absolute atomic E-state index is 0. The first-order valence-corrected chi connectivity index (χ1v) is 9.46. The first kappa shape index (κ1) is 23.0. The summed E-state index contributed by atoms with van der Waals surface area (Å²) in [6.45, 7) is 7.96. The van der Waals surface area contributed by atoms with E-state index < -0.39 is 0 Å². The van der Waals surface area contributed by atoms with Gasteiger partial charge in [-0.1, -0.05) is 6.92 Å². The monoisotopic (exact) mass is 395 g/mol. The van der Waals surface area contributed by atoms with Gasteiger partial charge in [-0.15, -0.1) is 24.8 Å². The SMILES string of the molecule is CC1CCC(N2CCN(C(=O)C3(CN)CCOCC3)CC2)CC1.Cl.Cl. The quantitative estimate of drug-likeness (QED) is 0.796. The maximum Gasteiger partial charge on any atom is 0.230 e. The van der Waals surface area contributed by atoms with Crippen LogP contribution in [0.1, 0.15) is 45.4 Å². The summed E-state index contributed by atoms with van der Waals surface area (Å²) in [6.07, 6.45) is 6.95. The first-order chi connectivity index (χ1) is 11.1. The van der Waals surface area contributed by atoms with Crippen molar-refractivity contribution in [3.63, 3.8) is 0 Å². The molecule has 0 radical (unpaired) electrons. The van der Waals surface area contributed by atoms with Crippen molar-refractivity contribution in [1.82, 2.24) is 9.80 Å². The van der Waals surface area contributed by atoms with E-state index in [1.54, 1.807) is 0 Å². The number of rotatable bonds is 3. The largest absolute Gasteiger partial charge is 0.381 e. The molecule has 1 amide bonds. The smallest absolute Gasteiger partial charge is 0.230 e. The number of nitrogens with two attached hydrogens (primary N) is 1. The highest BCUT2D eigenvalue weighted by atomic mass is 35.5. The Hall–Kier alpha value is -0.0700. The van der Waals surface area contributed by atoms with Crippen LogP contribution in [0.25, 0.3) is 0 Å². The maximum atomic E-state index is 13.0. The third-order valence-corrected chi connectivity index (χ3v) is 6.40. The highest BCUT2D eigenvalue weighted by Gasteiger charge is 2.42. The van der Waals surface area contributed by atoms with E-state index in [0.29, 0.717) is 19.8 Å². The summed E-state index contributed by atoms with van der Waals surface area (Å²) in [5.41, 5.74) is 5.63. The van der Waals surface area contributed by atoms with Gasteiger partial charge in [-0.25, -0.2) is 0 Å². The molecule has 148 valence electrons. The lowest BCUT2D eigenvalue weighted by atomic mass is 9.78. The molecule has 0 bridgehead atoms. The molecule has 0 spiro atoms. The number of nitrogens with zero attached hydrogens (tertiary/aromatic N) is 2. The number of hydrogen-bond donors (Lipinski definition) is 1. The molecule has 2 heterocycles. The molecular formula is C18H35Cl2N3O2. The number of hydrogen-bond acceptors (Lipinski definition) is 4. The number of amides is 1. The lowest BCUT2D eigenvalue weighted by Crippen LogP contribution is -2.57. The van der Waals surface area contributed by atoms with Crippen LogP contribution in [0.4, 0.5) is 0 Å². The van der Waals surface area contributed by atoms with Gasteiger partial charge in [0.05, 0.1) is 5.41 Å². The zero-order chi connectivity index (χ0) is 16.3. The van der Waals surface area contributed by atoms with Crippen LogP contribution in [0.5, 0.6) is 0 Å². The fourth-order valence-electron chi connectivity index (χ4n) is 4.50. The Bertz CT molecular complexity index is 403. The van der Waals surface area contributed by atoms with Crippen molar-refractivity contribution in [3.05, 3.63) is 0 Å². The zero-order valence-electron chi connectivity index (χ0n) is 15.5. The average molecular weight is 396 g/mol. The molecule has 3 rings (SSSR count). The van der Waals surface area contributed by atoms with Gasteiger partial charge in [-0.05, 0) is 44.4 Å². The van der Waals surface area contributed by atoms with E-state index in [-0.39, 0.29) is 36.1 Å². The fourth-order valence-corrected chi connectivity index (χ4v) is 4.50. The van der Waals surface area contributed by atoms with Gasteiger partial charge in [-0.2, -0.15) is 0 Å². The van der Waals surface area contributed by atoms with Crippen molar-refractivity contribution >= 4 is 30.7 Å². The van der Waals surface area contributed by atoms with Crippen molar-refractivity contribution in [2.75, 3.05) is 45.9 Å². The zero-order valence-corrected chi connectivity index (χ0v) is 17.1. The van der Waals surface area contributed by atoms with Crippen LogP contribution >= 0.6 is 24.8 Å². The van der Waals surface area contributed by atoms with E-state index in [9.17, 15) is 4.79 Å². The minimum atomic E-state index is -0.360. The van der Waals surface area contributed by atoms with Crippen molar-refractivity contribution < 1.29 is 9.53 Å². The van der Waals surface area contributed by atoms with Crippen LogP contribution in [0.15, 0.2) is 0 Å². The Kier molecular flexibility index (Phi) is 9.47. The van der Waals surface area contributed by atoms with Gasteiger partial charge in [0.1, 0.15) is 0 Å². The summed E-state index contributed by atoms with van der Waals surface area (Å²) in [7, 11) is 0. The maximum absolute atomic E-state index is 13.0. The summed E-state index contributed by atoms with van der Waals surface area (Å²) in [5.74, 6) is 1.17. The molecule has 0 atom stereocenters. The van der Waals surface area contributed by atoms with Gasteiger partial charge in [-0.3, -0.25) is 9.69 Å². The average Bonchev–Trinajstić information content (AvgIpc) is 2.62. The standard InChI is InChI=1S/C18H33N3O2.2ClH/c1-15-2-4-16(5-3-15)20-8-10-21(11-9-20)17(22)18(14-19)6-12-23-13-7-18;;/h15-16H,2-14,19H2,1H3;2*1H. The van der Waals surface area contributed by atoms with Crippen molar-refractivity contribution in [1.29, 1.82) is 0 Å². The Morgan fingerprint density at radius 2 is 1.60 bits per heavy atom. The molecular weight excluding hydrogens is 361 g/mol. The molecule has 0 aromatic rings. The molecule has 25 heavy (non-hydrogen) atoms. The van der Waals surface area contributed by atoms with E-state index >= 15 is 0 Å². The van der Waals surface area contributed by atoms with Crippen molar-refractivity contribution in [3.8, 4) is 0 Å². The van der Waals surface area contributed by atoms with Crippen LogP contribution in [-0.4, -0.2) is 67.7 Å². The second kappa shape index (κ2) is 10.3. The van der Waals surface area contributed by atoms with Gasteiger partial charge in [0.15, 0.2) is 0 Å². The summed E-state index contributed by atoms with van der Waals surface area (Å²) in [6, 6.07) is 0.745. The Labute approximate surface area is 164 Å². The van der Waals surface area contributed by atoms with Crippen molar-refractivity contribution in [2.24, 2.45) is 17.1 Å². The predicted octanol–water partition coefficient (Wildman–Crippen LogP) is 2.31. The molecule has 7 heteroatoms. The van der Waals surface area contributed by atoms with Gasteiger partial charge in [0.2, 0.25) is 5.91 Å². The molecule has 0 aromatic heterocycles.